The van der Waals surface area contributed by atoms with Crippen LogP contribution in [-0.2, 0) is 5.41 Å². The van der Waals surface area contributed by atoms with Crippen molar-refractivity contribution in [1.29, 1.82) is 0 Å². The number of rotatable bonds is 4. The maximum atomic E-state index is 6.41. The van der Waals surface area contributed by atoms with Gasteiger partial charge in [0.15, 0.2) is 5.82 Å². The molecular weight excluding hydrogens is 749 g/mol. The van der Waals surface area contributed by atoms with E-state index in [-0.39, 0.29) is 5.41 Å². The Bertz CT molecular complexity index is 3360. The molecule has 4 heteroatoms. The van der Waals surface area contributed by atoms with Crippen molar-refractivity contribution in [1.82, 2.24) is 9.97 Å². The van der Waals surface area contributed by atoms with Crippen LogP contribution in [0, 0.1) is 23.7 Å². The van der Waals surface area contributed by atoms with E-state index < -0.39 is 0 Å². The summed E-state index contributed by atoms with van der Waals surface area (Å²) in [6.07, 6.45) is 6.76. The van der Waals surface area contributed by atoms with Crippen molar-refractivity contribution in [3.63, 3.8) is 0 Å². The molecule has 1 spiro atoms. The Labute approximate surface area is 352 Å². The van der Waals surface area contributed by atoms with Crippen LogP contribution in [0.5, 0.6) is 0 Å². The summed E-state index contributed by atoms with van der Waals surface area (Å²) in [7, 11) is 0. The molecule has 60 heavy (non-hydrogen) atoms. The van der Waals surface area contributed by atoms with Crippen LogP contribution in [0.2, 0.25) is 0 Å². The second kappa shape index (κ2) is 12.3. The lowest BCUT2D eigenvalue weighted by Crippen LogP contribution is -2.55. The van der Waals surface area contributed by atoms with Crippen molar-refractivity contribution in [3.05, 3.63) is 169 Å². The first-order chi connectivity index (χ1) is 29.7. The second-order valence-corrected chi connectivity index (χ2v) is 19.1. The molecule has 0 saturated heterocycles. The van der Waals surface area contributed by atoms with E-state index in [1.165, 1.54) is 97.5 Å². The first-order valence-corrected chi connectivity index (χ1v) is 22.5. The van der Waals surface area contributed by atoms with E-state index in [9.17, 15) is 0 Å². The van der Waals surface area contributed by atoms with Crippen molar-refractivity contribution in [2.75, 3.05) is 0 Å². The van der Waals surface area contributed by atoms with Gasteiger partial charge in [0.1, 0.15) is 16.0 Å². The minimum absolute atomic E-state index is 0.00855. The van der Waals surface area contributed by atoms with Gasteiger partial charge in [0.2, 0.25) is 0 Å². The predicted octanol–water partition coefficient (Wildman–Crippen LogP) is 15.1. The highest BCUT2D eigenvalue weighted by Gasteiger charge is 2.62. The highest BCUT2D eigenvalue weighted by Crippen LogP contribution is 2.70. The third kappa shape index (κ3) is 4.60. The van der Waals surface area contributed by atoms with Gasteiger partial charge in [-0.15, -0.1) is 11.3 Å². The normalized spacial score (nSPS) is 22.4. The lowest BCUT2D eigenvalue weighted by molar-refractivity contribution is -0.0399. The van der Waals surface area contributed by atoms with Crippen LogP contribution in [0.4, 0.5) is 0 Å². The van der Waals surface area contributed by atoms with Crippen LogP contribution in [0.25, 0.3) is 98.3 Å². The van der Waals surface area contributed by atoms with Gasteiger partial charge in [-0.25, -0.2) is 9.97 Å². The lowest BCUT2D eigenvalue weighted by Gasteiger charge is -2.61. The minimum Gasteiger partial charge on any atom is -0.456 e. The van der Waals surface area contributed by atoms with Gasteiger partial charge in [-0.2, -0.15) is 0 Å². The molecule has 5 aliphatic carbocycles. The Kier molecular flexibility index (Phi) is 6.89. The summed E-state index contributed by atoms with van der Waals surface area (Å²) in [4.78, 5) is 12.2. The van der Waals surface area contributed by atoms with E-state index in [0.29, 0.717) is 11.8 Å². The number of nitrogens with zero attached hydrogens (tertiary/aromatic N) is 2. The molecule has 0 radical (unpaired) electrons. The molecule has 5 aliphatic rings. The number of fused-ring (bicyclic) bond motifs is 9. The van der Waals surface area contributed by atoms with Crippen LogP contribution in [0.1, 0.15) is 43.2 Å². The molecule has 4 fully saturated rings. The smallest absolute Gasteiger partial charge is 0.162 e. The molecule has 286 valence electrons. The molecule has 0 atom stereocenters. The lowest BCUT2D eigenvalue weighted by atomic mass is 9.43. The molecule has 0 aliphatic heterocycles. The van der Waals surface area contributed by atoms with Gasteiger partial charge in [-0.3, -0.25) is 0 Å². The molecule has 10 aromatic rings. The van der Waals surface area contributed by atoms with Crippen molar-refractivity contribution < 1.29 is 4.42 Å². The Morgan fingerprint density at radius 2 is 1.15 bits per heavy atom. The Morgan fingerprint density at radius 1 is 0.483 bits per heavy atom. The van der Waals surface area contributed by atoms with Crippen LogP contribution < -0.4 is 0 Å². The maximum Gasteiger partial charge on any atom is 0.162 e. The third-order valence-corrected chi connectivity index (χ3v) is 16.2. The highest BCUT2D eigenvalue weighted by molar-refractivity contribution is 7.25. The standard InChI is InChI=1S/C56H40N2OS/c1-2-9-34(10-3-1)35-17-19-36(20-18-35)53-52-44-12-5-7-16-50(44)60-55(52)58-54(57-53)45-13-8-14-46-51(45)43-24-22-37(38-21-23-42-41-11-4-6-15-48(41)59-49(42)31-38)30-47(43)56(46)39-26-32-25-33(28-39)29-40(56)27-32/h1-24,30-33,39-40H,25-29H2. The van der Waals surface area contributed by atoms with Gasteiger partial charge >= 0.3 is 0 Å². The van der Waals surface area contributed by atoms with Gasteiger partial charge in [0, 0.05) is 42.8 Å². The zero-order chi connectivity index (χ0) is 39.1. The molecular formula is C56H40N2OS. The van der Waals surface area contributed by atoms with Crippen molar-refractivity contribution in [3.8, 4) is 56.0 Å². The van der Waals surface area contributed by atoms with Crippen LogP contribution in [0.15, 0.2) is 162 Å². The van der Waals surface area contributed by atoms with Crippen LogP contribution in [-0.4, -0.2) is 9.97 Å². The summed E-state index contributed by atoms with van der Waals surface area (Å²) in [5.74, 6) is 3.83. The number of hydrogen-bond donors (Lipinski definition) is 0. The molecule has 3 heterocycles. The average molecular weight is 789 g/mol. The van der Waals surface area contributed by atoms with Gasteiger partial charge in [0.25, 0.3) is 0 Å². The first kappa shape index (κ1) is 33.5. The molecule has 7 aromatic carbocycles. The molecule has 3 aromatic heterocycles. The van der Waals surface area contributed by atoms with E-state index >= 15 is 0 Å². The molecule has 0 unspecified atom stereocenters. The van der Waals surface area contributed by atoms with E-state index in [2.05, 4.69) is 158 Å². The zero-order valence-electron chi connectivity index (χ0n) is 33.1. The molecule has 3 nitrogen and oxygen atoms in total. The summed E-state index contributed by atoms with van der Waals surface area (Å²) >= 11 is 1.78. The summed E-state index contributed by atoms with van der Waals surface area (Å²) < 4.78 is 7.66. The summed E-state index contributed by atoms with van der Waals surface area (Å²) in [6.45, 7) is 0. The van der Waals surface area contributed by atoms with Gasteiger partial charge < -0.3 is 4.42 Å². The number of aromatic nitrogens is 2. The molecule has 4 saturated carbocycles. The number of para-hydroxylation sites is 1. The fourth-order valence-corrected chi connectivity index (χ4v) is 14.0. The number of hydrogen-bond acceptors (Lipinski definition) is 4. The van der Waals surface area contributed by atoms with Gasteiger partial charge in [-0.05, 0) is 131 Å². The van der Waals surface area contributed by atoms with Crippen molar-refractivity contribution in [2.24, 2.45) is 23.7 Å². The van der Waals surface area contributed by atoms with Gasteiger partial charge in [-0.1, -0.05) is 127 Å². The molecule has 15 rings (SSSR count). The number of furan rings is 1. The van der Waals surface area contributed by atoms with Crippen LogP contribution >= 0.6 is 11.3 Å². The van der Waals surface area contributed by atoms with E-state index in [1.807, 2.05) is 0 Å². The topological polar surface area (TPSA) is 38.9 Å². The van der Waals surface area contributed by atoms with E-state index in [4.69, 9.17) is 14.4 Å². The quantitative estimate of drug-likeness (QED) is 0.178. The van der Waals surface area contributed by atoms with E-state index in [1.54, 1.807) is 11.3 Å². The number of benzene rings is 7. The summed E-state index contributed by atoms with van der Waals surface area (Å²) in [5, 5.41) is 4.71. The molecule has 0 N–H and O–H groups in total. The predicted molar refractivity (Wildman–Crippen MR) is 247 cm³/mol. The zero-order valence-corrected chi connectivity index (χ0v) is 33.9. The maximum absolute atomic E-state index is 6.41. The highest BCUT2D eigenvalue weighted by atomic mass is 32.1. The SMILES string of the molecule is c1ccc(-c2ccc(-c3nc(-c4cccc5c4-c4ccc(-c6ccc7c(c6)oc6ccccc67)cc4C54C5CC6CC(C5)CC4C6)nc4sc5ccccc5c34)cc2)cc1. The second-order valence-electron chi connectivity index (χ2n) is 18.1. The van der Waals surface area contributed by atoms with Crippen molar-refractivity contribution >= 4 is 53.6 Å². The fourth-order valence-electron chi connectivity index (χ4n) is 12.9. The first-order valence-electron chi connectivity index (χ1n) is 21.7. The fraction of sp³-hybridized carbons (Fsp3) is 0.179. The van der Waals surface area contributed by atoms with E-state index in [0.717, 1.165) is 55.9 Å². The Balaban J connectivity index is 0.981. The van der Waals surface area contributed by atoms with Gasteiger partial charge in [0.05, 0.1) is 5.69 Å². The number of thiophene rings is 1. The molecule has 4 bridgehead atoms. The monoisotopic (exact) mass is 788 g/mol. The largest absolute Gasteiger partial charge is 0.456 e. The Hall–Kier alpha value is -6.36. The Morgan fingerprint density at radius 3 is 1.98 bits per heavy atom. The summed E-state index contributed by atoms with van der Waals surface area (Å²) in [6, 6.07) is 58.0. The summed E-state index contributed by atoms with van der Waals surface area (Å²) in [5.41, 5.74) is 15.8. The average Bonchev–Trinajstić information content (AvgIpc) is 3.96. The van der Waals surface area contributed by atoms with Crippen molar-refractivity contribution in [2.45, 2.75) is 37.5 Å². The molecule has 0 amide bonds. The van der Waals surface area contributed by atoms with Crippen LogP contribution in [0.3, 0.4) is 0 Å². The third-order valence-electron chi connectivity index (χ3n) is 15.1. The minimum atomic E-state index is -0.00855.